The van der Waals surface area contributed by atoms with E-state index < -0.39 is 6.29 Å². The molecule has 42 heavy (non-hydrogen) atoms. The molecule has 4 rings (SSSR count). The van der Waals surface area contributed by atoms with Gasteiger partial charge in [0.1, 0.15) is 0 Å². The number of carbonyl (C=O) groups excluding carboxylic acids is 2. The Labute approximate surface area is 249 Å². The minimum Gasteiger partial charge on any atom is -0.392 e. The molecule has 2 aromatic carbocycles. The van der Waals surface area contributed by atoms with Crippen molar-refractivity contribution < 1.29 is 28.9 Å². The molecule has 0 saturated carbocycles. The molecule has 0 radical (unpaired) electrons. The molecule has 9 heteroatoms. The molecule has 230 valence electrons. The third-order valence-corrected chi connectivity index (χ3v) is 8.29. The third-order valence-electron chi connectivity index (χ3n) is 8.29. The molecule has 9 nitrogen and oxygen atoms in total. The minimum absolute atomic E-state index is 0.00114. The number of hydrogen-bond acceptors (Lipinski definition) is 7. The number of likely N-dealkylation sites (tertiary alicyclic amines) is 1. The summed E-state index contributed by atoms with van der Waals surface area (Å²) in [6.07, 6.45) is 4.33. The van der Waals surface area contributed by atoms with Crippen molar-refractivity contribution in [2.75, 3.05) is 38.7 Å². The number of aliphatic hydroxyl groups excluding tert-OH is 1. The van der Waals surface area contributed by atoms with E-state index in [1.165, 1.54) is 6.92 Å². The molecule has 2 amide bonds. The Balaban J connectivity index is 1.44. The summed E-state index contributed by atoms with van der Waals surface area (Å²) in [5.74, 6) is 0.0267. The second-order valence-electron chi connectivity index (χ2n) is 11.5. The highest BCUT2D eigenvalue weighted by Gasteiger charge is 2.40. The van der Waals surface area contributed by atoms with Crippen LogP contribution in [0, 0.1) is 5.92 Å². The minimum atomic E-state index is -0.595. The van der Waals surface area contributed by atoms with Crippen molar-refractivity contribution in [1.82, 2.24) is 10.2 Å². The summed E-state index contributed by atoms with van der Waals surface area (Å²) in [5, 5.41) is 15.3. The lowest BCUT2D eigenvalue weighted by Crippen LogP contribution is -2.46. The Kier molecular flexibility index (Phi) is 12.3. The first-order chi connectivity index (χ1) is 20.4. The SMILES string of the molecule is COC[C@@H]1CCCN1C[C@@H]1O[C@H](c2cccc(NC(=O)CCCCCNC(C)=O)c2)O[C@H](c2ccc(CO)cc2)[C@@H]1C. The largest absolute Gasteiger partial charge is 0.392 e. The Bertz CT molecular complexity index is 1140. The number of carbonyl (C=O) groups is 2. The highest BCUT2D eigenvalue weighted by Crippen LogP contribution is 2.42. The van der Waals surface area contributed by atoms with Gasteiger partial charge in [-0.05, 0) is 55.5 Å². The van der Waals surface area contributed by atoms with Crippen LogP contribution in [0.2, 0.25) is 0 Å². The molecule has 0 aromatic heterocycles. The number of nitrogens with one attached hydrogen (secondary N) is 2. The quantitative estimate of drug-likeness (QED) is 0.277. The van der Waals surface area contributed by atoms with Crippen LogP contribution in [0.15, 0.2) is 48.5 Å². The number of ether oxygens (including phenoxy) is 3. The van der Waals surface area contributed by atoms with E-state index in [-0.39, 0.29) is 36.5 Å². The predicted octanol–water partition coefficient (Wildman–Crippen LogP) is 4.72. The molecular weight excluding hydrogens is 534 g/mol. The van der Waals surface area contributed by atoms with Gasteiger partial charge in [-0.15, -0.1) is 0 Å². The van der Waals surface area contributed by atoms with Crippen LogP contribution < -0.4 is 10.6 Å². The highest BCUT2D eigenvalue weighted by atomic mass is 16.7. The highest BCUT2D eigenvalue weighted by molar-refractivity contribution is 5.90. The average Bonchev–Trinajstić information content (AvgIpc) is 3.42. The average molecular weight is 582 g/mol. The van der Waals surface area contributed by atoms with Gasteiger partial charge in [0.15, 0.2) is 6.29 Å². The van der Waals surface area contributed by atoms with E-state index in [9.17, 15) is 14.7 Å². The van der Waals surface area contributed by atoms with Crippen LogP contribution in [0.25, 0.3) is 0 Å². The molecule has 3 N–H and O–H groups in total. The molecular formula is C33H47N3O6. The van der Waals surface area contributed by atoms with Crippen molar-refractivity contribution in [3.8, 4) is 0 Å². The molecule has 5 atom stereocenters. The zero-order valence-corrected chi connectivity index (χ0v) is 25.2. The van der Waals surface area contributed by atoms with Gasteiger partial charge < -0.3 is 30.0 Å². The summed E-state index contributed by atoms with van der Waals surface area (Å²) in [4.78, 5) is 26.1. The smallest absolute Gasteiger partial charge is 0.224 e. The Morgan fingerprint density at radius 3 is 2.62 bits per heavy atom. The lowest BCUT2D eigenvalue weighted by atomic mass is 9.90. The second kappa shape index (κ2) is 16.1. The van der Waals surface area contributed by atoms with E-state index in [2.05, 4.69) is 22.5 Å². The van der Waals surface area contributed by atoms with Crippen LogP contribution in [0.1, 0.15) is 81.5 Å². The second-order valence-corrected chi connectivity index (χ2v) is 11.5. The molecule has 0 unspecified atom stereocenters. The van der Waals surface area contributed by atoms with E-state index in [0.29, 0.717) is 31.3 Å². The molecule has 2 heterocycles. The number of unbranched alkanes of at least 4 members (excludes halogenated alkanes) is 2. The fraction of sp³-hybridized carbons (Fsp3) is 0.576. The topological polar surface area (TPSA) is 109 Å². The van der Waals surface area contributed by atoms with Crippen LogP contribution in [-0.2, 0) is 30.4 Å². The van der Waals surface area contributed by atoms with Crippen LogP contribution in [0.5, 0.6) is 0 Å². The van der Waals surface area contributed by atoms with Gasteiger partial charge in [0, 0.05) is 56.8 Å². The molecule has 0 spiro atoms. The first-order valence-electron chi connectivity index (χ1n) is 15.3. The van der Waals surface area contributed by atoms with Crippen molar-refractivity contribution in [1.29, 1.82) is 0 Å². The van der Waals surface area contributed by atoms with Crippen LogP contribution in [0.3, 0.4) is 0 Å². The zero-order chi connectivity index (χ0) is 29.9. The standard InChI is InChI=1S/C33H47N3O6/c1-23-30(20-36-18-8-11-29(36)22-40-3)41-33(42-32(23)26-15-13-25(21-37)14-16-26)27-9-7-10-28(19-27)35-31(39)12-5-4-6-17-34-24(2)38/h7,9-10,13-16,19,23,29-30,32-33,37H,4-6,8,11-12,17-18,20-22H2,1-3H3,(H,34,38)(H,35,39)/t23-,29+,30+,32+,33+/m1/s1. The third kappa shape index (κ3) is 9.09. The predicted molar refractivity (Wildman–Crippen MR) is 162 cm³/mol. The summed E-state index contributed by atoms with van der Waals surface area (Å²) in [5.41, 5.74) is 3.48. The number of methoxy groups -OCH3 is 1. The van der Waals surface area contributed by atoms with E-state index in [1.807, 2.05) is 48.5 Å². The summed E-state index contributed by atoms with van der Waals surface area (Å²) in [6.45, 7) is 6.85. The Hall–Kier alpha value is -2.82. The number of aliphatic hydroxyl groups is 1. The van der Waals surface area contributed by atoms with Crippen molar-refractivity contribution in [3.05, 3.63) is 65.2 Å². The van der Waals surface area contributed by atoms with Crippen LogP contribution >= 0.6 is 0 Å². The van der Waals surface area contributed by atoms with Gasteiger partial charge in [-0.1, -0.05) is 49.7 Å². The number of benzene rings is 2. The van der Waals surface area contributed by atoms with Gasteiger partial charge >= 0.3 is 0 Å². The fourth-order valence-electron chi connectivity index (χ4n) is 5.91. The van der Waals surface area contributed by atoms with Crippen molar-refractivity contribution in [2.24, 2.45) is 5.92 Å². The molecule has 0 aliphatic carbocycles. The Morgan fingerprint density at radius 1 is 1.07 bits per heavy atom. The number of rotatable bonds is 14. The molecule has 2 aliphatic rings. The van der Waals surface area contributed by atoms with E-state index in [1.54, 1.807) is 7.11 Å². The Morgan fingerprint density at radius 2 is 1.88 bits per heavy atom. The maximum atomic E-state index is 12.6. The van der Waals surface area contributed by atoms with E-state index >= 15 is 0 Å². The van der Waals surface area contributed by atoms with Gasteiger partial charge in [0.05, 0.1) is 25.4 Å². The van der Waals surface area contributed by atoms with Gasteiger partial charge in [-0.3, -0.25) is 14.5 Å². The summed E-state index contributed by atoms with van der Waals surface area (Å²) in [7, 11) is 1.76. The van der Waals surface area contributed by atoms with Gasteiger partial charge in [0.25, 0.3) is 0 Å². The monoisotopic (exact) mass is 581 g/mol. The van der Waals surface area contributed by atoms with Crippen LogP contribution in [-0.4, -0.2) is 67.3 Å². The summed E-state index contributed by atoms with van der Waals surface area (Å²) >= 11 is 0. The molecule has 2 aliphatic heterocycles. The van der Waals surface area contributed by atoms with E-state index in [0.717, 1.165) is 61.9 Å². The van der Waals surface area contributed by atoms with E-state index in [4.69, 9.17) is 14.2 Å². The summed E-state index contributed by atoms with van der Waals surface area (Å²) < 4.78 is 18.8. The van der Waals surface area contributed by atoms with Gasteiger partial charge in [-0.2, -0.15) is 0 Å². The number of anilines is 1. The summed E-state index contributed by atoms with van der Waals surface area (Å²) in [6, 6.07) is 16.0. The maximum Gasteiger partial charge on any atom is 0.224 e. The number of hydrogen-bond donors (Lipinski definition) is 3. The normalized spacial score (nSPS) is 24.4. The molecule has 2 saturated heterocycles. The first kappa shape index (κ1) is 32.1. The van der Waals surface area contributed by atoms with Gasteiger partial charge in [0.2, 0.25) is 11.8 Å². The van der Waals surface area contributed by atoms with Crippen LogP contribution in [0.4, 0.5) is 5.69 Å². The molecule has 0 bridgehead atoms. The lowest BCUT2D eigenvalue weighted by molar-refractivity contribution is -0.276. The molecule has 2 fully saturated rings. The number of amides is 2. The van der Waals surface area contributed by atoms with Crippen molar-refractivity contribution in [3.63, 3.8) is 0 Å². The molecule has 2 aromatic rings. The van der Waals surface area contributed by atoms with Crippen molar-refractivity contribution in [2.45, 2.75) is 83.5 Å². The van der Waals surface area contributed by atoms with Gasteiger partial charge in [-0.25, -0.2) is 0 Å². The number of nitrogens with zero attached hydrogens (tertiary/aromatic N) is 1. The lowest BCUT2D eigenvalue weighted by Gasteiger charge is -2.43. The fourth-order valence-corrected chi connectivity index (χ4v) is 5.91. The zero-order valence-electron chi connectivity index (χ0n) is 25.2. The maximum absolute atomic E-state index is 12.6. The first-order valence-corrected chi connectivity index (χ1v) is 15.3. The van der Waals surface area contributed by atoms with Crippen molar-refractivity contribution >= 4 is 17.5 Å².